The van der Waals surface area contributed by atoms with Crippen LogP contribution >= 0.6 is 0 Å². The van der Waals surface area contributed by atoms with Crippen molar-refractivity contribution in [2.75, 3.05) is 0 Å². The average Bonchev–Trinajstić information content (AvgIpc) is 2.60. The number of hydrogen-bond acceptors (Lipinski definition) is 3. The van der Waals surface area contributed by atoms with Crippen LogP contribution in [-0.4, -0.2) is 16.9 Å². The average molecular weight is 346 g/mol. The molecule has 5 heteroatoms. The van der Waals surface area contributed by atoms with Crippen LogP contribution in [0.5, 0.6) is 0 Å². The number of nitrogens with one attached hydrogen (secondary N) is 2. The number of hydrogen-bond donors (Lipinski definition) is 3. The highest BCUT2D eigenvalue weighted by atomic mass is 16.1. The second-order valence-corrected chi connectivity index (χ2v) is 6.74. The predicted octanol–water partition coefficient (Wildman–Crippen LogP) is 3.72. The van der Waals surface area contributed by atoms with E-state index in [1.165, 1.54) is 5.56 Å². The van der Waals surface area contributed by atoms with Crippen molar-refractivity contribution in [3.05, 3.63) is 65.7 Å². The van der Waals surface area contributed by atoms with Gasteiger partial charge in [-0.2, -0.15) is 0 Å². The lowest BCUT2D eigenvalue weighted by atomic mass is 9.98. The van der Waals surface area contributed by atoms with Gasteiger partial charge in [0.05, 0.1) is 16.8 Å². The maximum absolute atomic E-state index is 12.6. The predicted molar refractivity (Wildman–Crippen MR) is 105 cm³/mol. The maximum Gasteiger partial charge on any atom is 0.258 e. The molecule has 132 valence electrons. The number of guanidine groups is 1. The van der Waals surface area contributed by atoms with Crippen LogP contribution in [-0.2, 0) is 6.42 Å². The molecule has 0 saturated heterocycles. The van der Waals surface area contributed by atoms with Crippen molar-refractivity contribution in [2.45, 2.75) is 20.3 Å². The Morgan fingerprint density at radius 1 is 1.15 bits per heavy atom. The van der Waals surface area contributed by atoms with Crippen molar-refractivity contribution in [1.82, 2.24) is 10.3 Å². The second kappa shape index (κ2) is 7.35. The van der Waals surface area contributed by atoms with Crippen molar-refractivity contribution in [3.8, 4) is 11.3 Å². The Balaban J connectivity index is 2.19. The van der Waals surface area contributed by atoms with Crippen LogP contribution in [0, 0.1) is 11.3 Å². The minimum Gasteiger partial charge on any atom is -0.370 e. The van der Waals surface area contributed by atoms with E-state index in [9.17, 15) is 4.79 Å². The number of rotatable bonds is 4. The van der Waals surface area contributed by atoms with Gasteiger partial charge in [-0.15, -0.1) is 0 Å². The molecule has 0 saturated carbocycles. The molecular formula is C21H22N4O. The molecule has 26 heavy (non-hydrogen) atoms. The van der Waals surface area contributed by atoms with Gasteiger partial charge in [0.25, 0.3) is 5.91 Å². The van der Waals surface area contributed by atoms with Crippen LogP contribution in [0.2, 0.25) is 0 Å². The Kier molecular flexibility index (Phi) is 4.98. The fourth-order valence-corrected chi connectivity index (χ4v) is 3.01. The molecule has 0 aliphatic rings. The second-order valence-electron chi connectivity index (χ2n) is 6.74. The third-order valence-corrected chi connectivity index (χ3v) is 4.08. The monoisotopic (exact) mass is 346 g/mol. The molecule has 1 aromatic heterocycles. The first-order valence-corrected chi connectivity index (χ1v) is 8.58. The van der Waals surface area contributed by atoms with E-state index < -0.39 is 5.91 Å². The van der Waals surface area contributed by atoms with Gasteiger partial charge in [-0.25, -0.2) is 4.98 Å². The summed E-state index contributed by atoms with van der Waals surface area (Å²) in [5.41, 5.74) is 9.39. The lowest BCUT2D eigenvalue weighted by molar-refractivity contribution is 0.0978. The molecule has 0 spiro atoms. The molecule has 1 heterocycles. The van der Waals surface area contributed by atoms with Crippen LogP contribution < -0.4 is 11.1 Å². The maximum atomic E-state index is 12.6. The van der Waals surface area contributed by atoms with Gasteiger partial charge in [0.15, 0.2) is 5.96 Å². The number of pyridine rings is 1. The Morgan fingerprint density at radius 3 is 2.54 bits per heavy atom. The summed E-state index contributed by atoms with van der Waals surface area (Å²) in [4.78, 5) is 17.3. The zero-order chi connectivity index (χ0) is 18.7. The van der Waals surface area contributed by atoms with Crippen molar-refractivity contribution in [1.29, 1.82) is 5.41 Å². The third-order valence-electron chi connectivity index (χ3n) is 4.08. The number of carbonyl (C=O) groups excluding carboxylic acids is 1. The van der Waals surface area contributed by atoms with E-state index >= 15 is 0 Å². The van der Waals surface area contributed by atoms with Crippen molar-refractivity contribution in [2.24, 2.45) is 11.7 Å². The van der Waals surface area contributed by atoms with Crippen LogP contribution in [0.15, 0.2) is 54.6 Å². The highest BCUT2D eigenvalue weighted by Crippen LogP contribution is 2.26. The van der Waals surface area contributed by atoms with Crippen LogP contribution in [0.1, 0.15) is 29.8 Å². The fraction of sp³-hybridized carbons (Fsp3) is 0.190. The number of nitrogens with two attached hydrogens (primary N) is 1. The first-order chi connectivity index (χ1) is 12.4. The SMILES string of the molecule is CC(C)Cc1ccc2c(C(=O)NC(=N)N)cc(-c3ccccc3)nc2c1. The molecule has 1 amide bonds. The van der Waals surface area contributed by atoms with E-state index in [4.69, 9.17) is 16.1 Å². The molecule has 5 nitrogen and oxygen atoms in total. The van der Waals surface area contributed by atoms with E-state index in [0.717, 1.165) is 22.9 Å². The minimum absolute atomic E-state index is 0.377. The van der Waals surface area contributed by atoms with Gasteiger partial charge in [-0.1, -0.05) is 56.3 Å². The van der Waals surface area contributed by atoms with Gasteiger partial charge < -0.3 is 5.73 Å². The summed E-state index contributed by atoms with van der Waals surface area (Å²) in [6.45, 7) is 4.34. The molecule has 4 N–H and O–H groups in total. The topological polar surface area (TPSA) is 91.9 Å². The van der Waals surface area contributed by atoms with E-state index in [1.54, 1.807) is 6.07 Å². The van der Waals surface area contributed by atoms with E-state index in [0.29, 0.717) is 17.2 Å². The van der Waals surface area contributed by atoms with E-state index in [-0.39, 0.29) is 5.96 Å². The summed E-state index contributed by atoms with van der Waals surface area (Å²) in [5, 5.41) is 10.5. The highest BCUT2D eigenvalue weighted by molar-refractivity contribution is 6.12. The van der Waals surface area contributed by atoms with Crippen LogP contribution in [0.25, 0.3) is 22.2 Å². The first-order valence-electron chi connectivity index (χ1n) is 8.58. The third kappa shape index (κ3) is 3.88. The molecule has 0 aliphatic carbocycles. The largest absolute Gasteiger partial charge is 0.370 e. The number of carbonyl (C=O) groups is 1. The van der Waals surface area contributed by atoms with Crippen molar-refractivity contribution in [3.63, 3.8) is 0 Å². The molecule has 0 bridgehead atoms. The normalized spacial score (nSPS) is 10.9. The molecule has 3 aromatic rings. The Labute approximate surface area is 152 Å². The first kappa shape index (κ1) is 17.6. The van der Waals surface area contributed by atoms with Gasteiger partial charge in [-0.3, -0.25) is 15.5 Å². The summed E-state index contributed by atoms with van der Waals surface area (Å²) >= 11 is 0. The summed E-state index contributed by atoms with van der Waals surface area (Å²) in [6.07, 6.45) is 0.947. The zero-order valence-electron chi connectivity index (χ0n) is 14.9. The van der Waals surface area contributed by atoms with Gasteiger partial charge in [0.2, 0.25) is 0 Å². The smallest absolute Gasteiger partial charge is 0.258 e. The van der Waals surface area contributed by atoms with Gasteiger partial charge in [-0.05, 0) is 30.0 Å². The molecular weight excluding hydrogens is 324 g/mol. The number of nitrogens with zero attached hydrogens (tertiary/aromatic N) is 1. The van der Waals surface area contributed by atoms with E-state index in [1.807, 2.05) is 48.5 Å². The fourth-order valence-electron chi connectivity index (χ4n) is 3.01. The molecule has 0 atom stereocenters. The molecule has 3 rings (SSSR count). The summed E-state index contributed by atoms with van der Waals surface area (Å²) < 4.78 is 0. The lowest BCUT2D eigenvalue weighted by Crippen LogP contribution is -2.35. The summed E-state index contributed by atoms with van der Waals surface area (Å²) in [7, 11) is 0. The minimum atomic E-state index is -0.404. The van der Waals surface area contributed by atoms with Gasteiger partial charge in [0.1, 0.15) is 0 Å². The Morgan fingerprint density at radius 2 is 1.88 bits per heavy atom. The van der Waals surface area contributed by atoms with E-state index in [2.05, 4.69) is 19.2 Å². The zero-order valence-corrected chi connectivity index (χ0v) is 14.9. The molecule has 0 unspecified atom stereocenters. The summed E-state index contributed by atoms with van der Waals surface area (Å²) in [5.74, 6) is -0.249. The quantitative estimate of drug-likeness (QED) is 0.496. The Bertz CT molecular complexity index is 964. The van der Waals surface area contributed by atoms with Gasteiger partial charge in [0, 0.05) is 10.9 Å². The van der Waals surface area contributed by atoms with Crippen molar-refractivity contribution < 1.29 is 4.79 Å². The van der Waals surface area contributed by atoms with Crippen molar-refractivity contribution >= 4 is 22.8 Å². The molecule has 2 aromatic carbocycles. The number of fused-ring (bicyclic) bond motifs is 1. The van der Waals surface area contributed by atoms with Crippen LogP contribution in [0.3, 0.4) is 0 Å². The lowest BCUT2D eigenvalue weighted by Gasteiger charge is -2.12. The molecule has 0 fully saturated rings. The number of amides is 1. The Hall–Kier alpha value is -3.21. The number of aromatic nitrogens is 1. The standard InChI is InChI=1S/C21H22N4O/c1-13(2)10-14-8-9-16-17(20(26)25-21(22)23)12-18(24-19(16)11-14)15-6-4-3-5-7-15/h3-9,11-13H,10H2,1-2H3,(H4,22,23,25,26). The molecule has 0 aliphatic heterocycles. The summed E-state index contributed by atoms with van der Waals surface area (Å²) in [6, 6.07) is 17.5. The number of benzene rings is 2. The highest BCUT2D eigenvalue weighted by Gasteiger charge is 2.15. The molecule has 0 radical (unpaired) electrons. The van der Waals surface area contributed by atoms with Crippen LogP contribution in [0.4, 0.5) is 0 Å². The van der Waals surface area contributed by atoms with Gasteiger partial charge >= 0.3 is 0 Å².